The summed E-state index contributed by atoms with van der Waals surface area (Å²) in [4.78, 5) is 23.5. The highest BCUT2D eigenvalue weighted by Gasteiger charge is 2.32. The molecule has 2 heterocycles. The third kappa shape index (κ3) is 3.55. The van der Waals surface area contributed by atoms with E-state index in [1.54, 1.807) is 47.5 Å². The minimum atomic E-state index is -0.122. The van der Waals surface area contributed by atoms with Crippen molar-refractivity contribution < 1.29 is 9.90 Å². The monoisotopic (exact) mass is 337 g/mol. The molecule has 0 radical (unpaired) electrons. The van der Waals surface area contributed by atoms with E-state index < -0.39 is 0 Å². The summed E-state index contributed by atoms with van der Waals surface area (Å²) in [6, 6.07) is 12.0. The van der Waals surface area contributed by atoms with Gasteiger partial charge in [0.1, 0.15) is 5.75 Å². The molecule has 1 saturated heterocycles. The summed E-state index contributed by atoms with van der Waals surface area (Å²) in [6.07, 6.45) is 5.10. The quantitative estimate of drug-likeness (QED) is 0.684. The first-order valence-corrected chi connectivity index (χ1v) is 8.10. The maximum atomic E-state index is 12.6. The number of thioether (sulfide) groups is 1. The molecule has 1 fully saturated rings. The molecule has 1 amide bonds. The second-order valence-corrected chi connectivity index (χ2v) is 5.99. The van der Waals surface area contributed by atoms with Gasteiger partial charge in [-0.2, -0.15) is 0 Å². The lowest BCUT2D eigenvalue weighted by atomic mass is 10.3. The molecular weight excluding hydrogens is 322 g/mol. The number of carbonyl (C=O) groups is 1. The number of aliphatic imine (C=N–C) groups is 1. The van der Waals surface area contributed by atoms with Crippen molar-refractivity contribution in [2.75, 3.05) is 6.54 Å². The van der Waals surface area contributed by atoms with Crippen LogP contribution in [-0.2, 0) is 4.79 Å². The number of aromatic nitrogens is 1. The van der Waals surface area contributed by atoms with Gasteiger partial charge >= 0.3 is 0 Å². The Hall–Kier alpha value is -2.86. The van der Waals surface area contributed by atoms with Crippen molar-refractivity contribution in [2.45, 2.75) is 0 Å². The van der Waals surface area contributed by atoms with Crippen LogP contribution in [0.1, 0.15) is 5.69 Å². The van der Waals surface area contributed by atoms with E-state index in [-0.39, 0.29) is 11.7 Å². The topological polar surface area (TPSA) is 65.8 Å². The van der Waals surface area contributed by atoms with Gasteiger partial charge in [-0.1, -0.05) is 12.1 Å². The number of nitrogens with zero attached hydrogens (tertiary/aromatic N) is 3. The molecule has 1 aromatic heterocycles. The van der Waals surface area contributed by atoms with E-state index in [1.807, 2.05) is 18.2 Å². The second kappa shape index (κ2) is 7.14. The fourth-order valence-electron chi connectivity index (χ4n) is 2.11. The molecule has 0 aliphatic carbocycles. The molecule has 2 aromatic rings. The SMILES string of the molecule is C=CCN1C(=O)/C(=C/c2ccccn2)SC1=Nc1ccc(O)cc1. The largest absolute Gasteiger partial charge is 0.508 e. The van der Waals surface area contributed by atoms with Gasteiger partial charge in [-0.3, -0.25) is 14.7 Å². The van der Waals surface area contributed by atoms with Gasteiger partial charge in [0.15, 0.2) is 5.17 Å². The molecule has 0 saturated carbocycles. The van der Waals surface area contributed by atoms with Gasteiger partial charge in [-0.05, 0) is 54.2 Å². The highest BCUT2D eigenvalue weighted by atomic mass is 32.2. The van der Waals surface area contributed by atoms with Crippen LogP contribution in [0.3, 0.4) is 0 Å². The van der Waals surface area contributed by atoms with Gasteiger partial charge in [0, 0.05) is 12.7 Å². The van der Waals surface area contributed by atoms with Crippen LogP contribution in [0.25, 0.3) is 6.08 Å². The normalized spacial score (nSPS) is 17.7. The zero-order chi connectivity index (χ0) is 16.9. The van der Waals surface area contributed by atoms with Crippen LogP contribution in [0, 0.1) is 0 Å². The van der Waals surface area contributed by atoms with Crippen molar-refractivity contribution >= 4 is 34.6 Å². The Bertz CT molecular complexity index is 814. The van der Waals surface area contributed by atoms with E-state index in [2.05, 4.69) is 16.6 Å². The van der Waals surface area contributed by atoms with Crippen molar-refractivity contribution in [3.63, 3.8) is 0 Å². The molecule has 0 spiro atoms. The van der Waals surface area contributed by atoms with Crippen molar-refractivity contribution in [1.82, 2.24) is 9.88 Å². The number of hydrogen-bond acceptors (Lipinski definition) is 5. The lowest BCUT2D eigenvalue weighted by molar-refractivity contribution is -0.121. The van der Waals surface area contributed by atoms with Gasteiger partial charge in [0.2, 0.25) is 0 Å². The number of hydrogen-bond donors (Lipinski definition) is 1. The smallest absolute Gasteiger partial charge is 0.267 e. The minimum Gasteiger partial charge on any atom is -0.508 e. The number of pyridine rings is 1. The van der Waals surface area contributed by atoms with Gasteiger partial charge in [-0.15, -0.1) is 6.58 Å². The predicted molar refractivity (Wildman–Crippen MR) is 96.9 cm³/mol. The fourth-order valence-corrected chi connectivity index (χ4v) is 3.11. The van der Waals surface area contributed by atoms with Crippen LogP contribution >= 0.6 is 11.8 Å². The summed E-state index contributed by atoms with van der Waals surface area (Å²) >= 11 is 1.30. The number of phenols is 1. The van der Waals surface area contributed by atoms with Crippen LogP contribution in [0.5, 0.6) is 5.75 Å². The summed E-state index contributed by atoms with van der Waals surface area (Å²) in [6.45, 7) is 4.08. The van der Waals surface area contributed by atoms with E-state index in [9.17, 15) is 9.90 Å². The lowest BCUT2D eigenvalue weighted by Gasteiger charge is -2.12. The third-order valence-corrected chi connectivity index (χ3v) is 4.25. The lowest BCUT2D eigenvalue weighted by Crippen LogP contribution is -2.29. The fraction of sp³-hybridized carbons (Fsp3) is 0.0556. The van der Waals surface area contributed by atoms with E-state index in [1.165, 1.54) is 11.8 Å². The molecule has 120 valence electrons. The average molecular weight is 337 g/mol. The van der Waals surface area contributed by atoms with Crippen LogP contribution in [0.2, 0.25) is 0 Å². The zero-order valence-corrected chi connectivity index (χ0v) is 13.6. The van der Waals surface area contributed by atoms with E-state index in [0.29, 0.717) is 22.3 Å². The minimum absolute atomic E-state index is 0.122. The van der Waals surface area contributed by atoms with E-state index >= 15 is 0 Å². The molecule has 3 rings (SSSR count). The molecule has 0 atom stereocenters. The second-order valence-electron chi connectivity index (χ2n) is 4.98. The molecule has 1 N–H and O–H groups in total. The molecule has 0 unspecified atom stereocenters. The Labute approximate surface area is 144 Å². The van der Waals surface area contributed by atoms with E-state index in [4.69, 9.17) is 0 Å². The first-order chi connectivity index (χ1) is 11.7. The van der Waals surface area contributed by atoms with Crippen LogP contribution in [0.4, 0.5) is 5.69 Å². The van der Waals surface area contributed by atoms with Crippen LogP contribution < -0.4 is 0 Å². The Morgan fingerprint density at radius 1 is 1.25 bits per heavy atom. The number of amidine groups is 1. The molecule has 1 aliphatic heterocycles. The summed E-state index contributed by atoms with van der Waals surface area (Å²) in [7, 11) is 0. The van der Waals surface area contributed by atoms with Gasteiger partial charge in [0.25, 0.3) is 5.91 Å². The summed E-state index contributed by atoms with van der Waals surface area (Å²) in [5.74, 6) is 0.0517. The number of rotatable bonds is 4. The molecule has 6 heteroatoms. The Morgan fingerprint density at radius 2 is 2.04 bits per heavy atom. The maximum absolute atomic E-state index is 12.6. The highest BCUT2D eigenvalue weighted by molar-refractivity contribution is 8.18. The number of carbonyl (C=O) groups excluding carboxylic acids is 1. The Kier molecular flexibility index (Phi) is 4.77. The van der Waals surface area contributed by atoms with E-state index in [0.717, 1.165) is 5.69 Å². The molecule has 5 nitrogen and oxygen atoms in total. The van der Waals surface area contributed by atoms with Crippen LogP contribution in [0.15, 0.2) is 71.2 Å². The molecular formula is C18H15N3O2S. The standard InChI is InChI=1S/C18H15N3O2S/c1-2-11-21-17(23)16(12-14-5-3-4-10-19-14)24-18(21)20-13-6-8-15(22)9-7-13/h2-10,12,22H,1,11H2/b16-12-,20-18?. The van der Waals surface area contributed by atoms with Gasteiger partial charge < -0.3 is 5.11 Å². The van der Waals surface area contributed by atoms with Gasteiger partial charge in [-0.25, -0.2) is 4.99 Å². The predicted octanol–water partition coefficient (Wildman–Crippen LogP) is 3.58. The average Bonchev–Trinajstić information content (AvgIpc) is 2.87. The molecule has 1 aliphatic rings. The summed E-state index contributed by atoms with van der Waals surface area (Å²) in [5.41, 5.74) is 1.38. The van der Waals surface area contributed by atoms with Crippen LogP contribution in [-0.4, -0.2) is 32.6 Å². The first-order valence-electron chi connectivity index (χ1n) is 7.28. The zero-order valence-electron chi connectivity index (χ0n) is 12.8. The third-order valence-electron chi connectivity index (χ3n) is 3.24. The summed E-state index contributed by atoms with van der Waals surface area (Å²) < 4.78 is 0. The number of phenolic OH excluding ortho intramolecular Hbond substituents is 1. The first kappa shape index (κ1) is 16.0. The summed E-state index contributed by atoms with van der Waals surface area (Å²) in [5, 5.41) is 9.93. The molecule has 0 bridgehead atoms. The Morgan fingerprint density at radius 3 is 2.71 bits per heavy atom. The molecule has 1 aromatic carbocycles. The molecule has 24 heavy (non-hydrogen) atoms. The van der Waals surface area contributed by atoms with Crippen molar-refractivity contribution in [3.8, 4) is 5.75 Å². The number of benzene rings is 1. The maximum Gasteiger partial charge on any atom is 0.267 e. The number of aromatic hydroxyl groups is 1. The Balaban J connectivity index is 1.94. The van der Waals surface area contributed by atoms with Gasteiger partial charge in [0.05, 0.1) is 16.3 Å². The van der Waals surface area contributed by atoms with Crippen molar-refractivity contribution in [2.24, 2.45) is 4.99 Å². The van der Waals surface area contributed by atoms with Crippen molar-refractivity contribution in [3.05, 3.63) is 71.9 Å². The highest BCUT2D eigenvalue weighted by Crippen LogP contribution is 2.34. The number of amides is 1. The van der Waals surface area contributed by atoms with Crippen molar-refractivity contribution in [1.29, 1.82) is 0 Å².